The summed E-state index contributed by atoms with van der Waals surface area (Å²) in [4.78, 5) is 0. The van der Waals surface area contributed by atoms with E-state index in [1.807, 2.05) is 0 Å². The van der Waals surface area contributed by atoms with Crippen LogP contribution in [0.3, 0.4) is 0 Å². The zero-order chi connectivity index (χ0) is 16.3. The first kappa shape index (κ1) is 19.0. The first-order chi connectivity index (χ1) is 11.3. The van der Waals surface area contributed by atoms with Gasteiger partial charge in [0.2, 0.25) is 0 Å². The monoisotopic (exact) mass is 322 g/mol. The van der Waals surface area contributed by atoms with Crippen LogP contribution >= 0.6 is 0 Å². The van der Waals surface area contributed by atoms with Crippen LogP contribution in [0.25, 0.3) is 0 Å². The van der Waals surface area contributed by atoms with Crippen LogP contribution < -0.4 is 0 Å². The van der Waals surface area contributed by atoms with Gasteiger partial charge in [0.1, 0.15) is 0 Å². The van der Waals surface area contributed by atoms with Crippen molar-refractivity contribution in [2.24, 2.45) is 23.7 Å². The topological polar surface area (TPSA) is 0 Å². The van der Waals surface area contributed by atoms with Crippen molar-refractivity contribution in [2.75, 3.05) is 6.67 Å². The first-order valence-corrected chi connectivity index (χ1v) is 10.6. The molecule has 2 fully saturated rings. The van der Waals surface area contributed by atoms with Crippen LogP contribution in [0.4, 0.5) is 4.39 Å². The lowest BCUT2D eigenvalue weighted by atomic mass is 9.68. The molecule has 0 spiro atoms. The Hall–Kier alpha value is -0.330. The van der Waals surface area contributed by atoms with Gasteiger partial charge in [-0.15, -0.1) is 0 Å². The third kappa shape index (κ3) is 6.98. The Bertz CT molecular complexity index is 306. The Balaban J connectivity index is 1.59. The second-order valence-corrected chi connectivity index (χ2v) is 8.21. The van der Waals surface area contributed by atoms with E-state index in [2.05, 4.69) is 19.1 Å². The Labute approximate surface area is 144 Å². The largest absolute Gasteiger partial charge is 0.251 e. The third-order valence-corrected chi connectivity index (χ3v) is 6.52. The molecule has 0 amide bonds. The van der Waals surface area contributed by atoms with Gasteiger partial charge in [0.25, 0.3) is 0 Å². The quantitative estimate of drug-likeness (QED) is 0.305. The van der Waals surface area contributed by atoms with E-state index >= 15 is 0 Å². The number of alkyl halides is 1. The van der Waals surface area contributed by atoms with E-state index in [9.17, 15) is 4.39 Å². The van der Waals surface area contributed by atoms with Gasteiger partial charge in [-0.25, -0.2) is 0 Å². The molecular weight excluding hydrogens is 283 g/mol. The van der Waals surface area contributed by atoms with Gasteiger partial charge in [-0.1, -0.05) is 64.0 Å². The molecule has 0 nitrogen and oxygen atoms in total. The summed E-state index contributed by atoms with van der Waals surface area (Å²) in [6.07, 6.45) is 23.8. The lowest BCUT2D eigenvalue weighted by Gasteiger charge is -2.37. The normalized spacial score (nSPS) is 32.4. The molecule has 0 aromatic rings. The number of unbranched alkanes of at least 4 members (excludes halogenated alkanes) is 3. The van der Waals surface area contributed by atoms with Gasteiger partial charge in [-0.2, -0.15) is 0 Å². The van der Waals surface area contributed by atoms with E-state index in [1.165, 1.54) is 83.5 Å². The summed E-state index contributed by atoms with van der Waals surface area (Å²) in [6, 6.07) is 0. The number of halogens is 1. The Morgan fingerprint density at radius 3 is 2.09 bits per heavy atom. The fraction of sp³-hybridized carbons (Fsp3) is 0.909. The molecule has 0 heterocycles. The van der Waals surface area contributed by atoms with E-state index in [4.69, 9.17) is 0 Å². The summed E-state index contributed by atoms with van der Waals surface area (Å²) in [7, 11) is 0. The zero-order valence-electron chi connectivity index (χ0n) is 15.4. The van der Waals surface area contributed by atoms with Crippen molar-refractivity contribution in [3.05, 3.63) is 12.2 Å². The molecule has 0 aromatic heterocycles. The molecule has 1 heteroatoms. The molecule has 0 aliphatic heterocycles. The number of allylic oxidation sites excluding steroid dienone is 2. The van der Waals surface area contributed by atoms with Gasteiger partial charge >= 0.3 is 0 Å². The average Bonchev–Trinajstić information content (AvgIpc) is 2.60. The minimum Gasteiger partial charge on any atom is -0.251 e. The van der Waals surface area contributed by atoms with Gasteiger partial charge in [-0.3, -0.25) is 4.39 Å². The number of hydrogen-bond acceptors (Lipinski definition) is 0. The van der Waals surface area contributed by atoms with E-state index in [-0.39, 0.29) is 6.67 Å². The minimum atomic E-state index is -0.201. The molecule has 134 valence electrons. The maximum atomic E-state index is 12.1. The number of hydrogen-bond donors (Lipinski definition) is 0. The molecule has 2 rings (SSSR count). The molecule has 2 aliphatic rings. The summed E-state index contributed by atoms with van der Waals surface area (Å²) in [6.45, 7) is 2.10. The SMILES string of the molecule is CCCCCC[C@H]1CC[C@H]([C@H]2CC[C@H](C=CCCF)CC2)CC1. The van der Waals surface area contributed by atoms with Crippen molar-refractivity contribution in [3.63, 3.8) is 0 Å². The smallest absolute Gasteiger partial charge is 0.0928 e. The maximum absolute atomic E-state index is 12.1. The molecule has 0 unspecified atom stereocenters. The Kier molecular flexibility index (Phi) is 9.31. The lowest BCUT2D eigenvalue weighted by Crippen LogP contribution is -2.25. The summed E-state index contributed by atoms with van der Waals surface area (Å²) >= 11 is 0. The molecule has 2 saturated carbocycles. The van der Waals surface area contributed by atoms with Crippen molar-refractivity contribution in [3.8, 4) is 0 Å². The summed E-state index contributed by atoms with van der Waals surface area (Å²) < 4.78 is 12.1. The highest BCUT2D eigenvalue weighted by atomic mass is 19.1. The summed E-state index contributed by atoms with van der Waals surface area (Å²) in [5.41, 5.74) is 0. The zero-order valence-corrected chi connectivity index (χ0v) is 15.4. The molecule has 0 aromatic carbocycles. The first-order valence-electron chi connectivity index (χ1n) is 10.6. The van der Waals surface area contributed by atoms with Crippen LogP contribution in [0.1, 0.15) is 96.8 Å². The van der Waals surface area contributed by atoms with Crippen molar-refractivity contribution in [1.29, 1.82) is 0 Å². The van der Waals surface area contributed by atoms with Gasteiger partial charge in [-0.05, 0) is 68.6 Å². The molecular formula is C22H39F. The van der Waals surface area contributed by atoms with Gasteiger partial charge in [0.05, 0.1) is 6.67 Å². The van der Waals surface area contributed by atoms with Crippen LogP contribution in [-0.4, -0.2) is 6.67 Å². The van der Waals surface area contributed by atoms with Crippen LogP contribution in [0.5, 0.6) is 0 Å². The maximum Gasteiger partial charge on any atom is 0.0928 e. The number of rotatable bonds is 9. The Morgan fingerprint density at radius 2 is 1.48 bits per heavy atom. The van der Waals surface area contributed by atoms with Gasteiger partial charge in [0, 0.05) is 0 Å². The standard InChI is InChI=1S/C22H39F/c1-2-3-4-5-8-19-10-14-21(15-11-19)22-16-12-20(13-17-22)9-6-7-18-23/h6,9,19-22H,2-5,7-8,10-18H2,1H3/t19-,20-,21-,22-. The molecule has 0 saturated heterocycles. The molecule has 0 atom stereocenters. The minimum absolute atomic E-state index is 0.201. The highest BCUT2D eigenvalue weighted by Crippen LogP contribution is 2.42. The van der Waals surface area contributed by atoms with Crippen LogP contribution in [0.15, 0.2) is 12.2 Å². The average molecular weight is 323 g/mol. The molecule has 0 N–H and O–H groups in total. The van der Waals surface area contributed by atoms with E-state index < -0.39 is 0 Å². The van der Waals surface area contributed by atoms with Crippen molar-refractivity contribution >= 4 is 0 Å². The van der Waals surface area contributed by atoms with Gasteiger partial charge < -0.3 is 0 Å². The van der Waals surface area contributed by atoms with Crippen molar-refractivity contribution < 1.29 is 4.39 Å². The van der Waals surface area contributed by atoms with Crippen molar-refractivity contribution in [2.45, 2.75) is 96.8 Å². The summed E-state index contributed by atoms with van der Waals surface area (Å²) in [5.74, 6) is 3.82. The summed E-state index contributed by atoms with van der Waals surface area (Å²) in [5, 5.41) is 0. The van der Waals surface area contributed by atoms with E-state index in [0.29, 0.717) is 6.42 Å². The molecule has 0 radical (unpaired) electrons. The Morgan fingerprint density at radius 1 is 0.826 bits per heavy atom. The second-order valence-electron chi connectivity index (χ2n) is 8.21. The van der Waals surface area contributed by atoms with Crippen LogP contribution in [0, 0.1) is 23.7 Å². The second kappa shape index (κ2) is 11.3. The van der Waals surface area contributed by atoms with Gasteiger partial charge in [0.15, 0.2) is 0 Å². The van der Waals surface area contributed by atoms with Crippen LogP contribution in [-0.2, 0) is 0 Å². The highest BCUT2D eigenvalue weighted by Gasteiger charge is 2.30. The molecule has 23 heavy (non-hydrogen) atoms. The van der Waals surface area contributed by atoms with Crippen molar-refractivity contribution in [1.82, 2.24) is 0 Å². The van der Waals surface area contributed by atoms with E-state index in [0.717, 1.165) is 23.7 Å². The molecule has 0 bridgehead atoms. The highest BCUT2D eigenvalue weighted by molar-refractivity contribution is 4.92. The van der Waals surface area contributed by atoms with E-state index in [1.54, 1.807) is 0 Å². The fourth-order valence-corrected chi connectivity index (χ4v) is 4.97. The van der Waals surface area contributed by atoms with Crippen LogP contribution in [0.2, 0.25) is 0 Å². The third-order valence-electron chi connectivity index (χ3n) is 6.52. The fourth-order valence-electron chi connectivity index (χ4n) is 4.97. The lowest BCUT2D eigenvalue weighted by molar-refractivity contribution is 0.151. The predicted molar refractivity (Wildman–Crippen MR) is 99.4 cm³/mol. The molecule has 2 aliphatic carbocycles. The predicted octanol–water partition coefficient (Wildman–Crippen LogP) is 7.49.